The Morgan fingerprint density at radius 1 is 0.479 bits per heavy atom. The molecule has 4 atom stereocenters. The predicted octanol–water partition coefficient (Wildman–Crippen LogP) is 4.70. The van der Waals surface area contributed by atoms with E-state index in [2.05, 4.69) is 120 Å². The van der Waals surface area contributed by atoms with Crippen LogP contribution in [-0.2, 0) is 58.3 Å². The fourth-order valence-electron chi connectivity index (χ4n) is 3.58. The van der Waals surface area contributed by atoms with E-state index in [4.69, 9.17) is 40.9 Å². The van der Waals surface area contributed by atoms with Gasteiger partial charge in [-0.15, -0.1) is 37.8 Å². The van der Waals surface area contributed by atoms with Crippen LogP contribution in [-0.4, -0.2) is 140 Å². The normalized spacial score (nSPS) is 20.5. The average molecular weight is 957 g/mol. The summed E-state index contributed by atoms with van der Waals surface area (Å²) in [6, 6.07) is 0.802. The van der Waals surface area contributed by atoms with Crippen LogP contribution in [0.15, 0.2) is 24.4 Å². The zero-order valence-corrected chi connectivity index (χ0v) is 35.1. The minimum absolute atomic E-state index is 0.000000000000000222. The van der Waals surface area contributed by atoms with E-state index in [1.807, 2.05) is 18.2 Å². The van der Waals surface area contributed by atoms with E-state index in [-0.39, 0.29) is 50.6 Å². The number of allylic oxidation sites excluding steroid dienone is 2. The van der Waals surface area contributed by atoms with Gasteiger partial charge in [0.15, 0.2) is 0 Å². The summed E-state index contributed by atoms with van der Waals surface area (Å²) in [4.78, 5) is 0. The molecule has 4 rings (SSSR count). The SMILES string of the molecule is CO.CO.CO.CO.OCC1C=CC=C[N-]1.OCC1CCCC[N-]1.OCC1CCCC[N-]1.OCC1CCCC[N-]1.[Cl][Ni].[Cl][Ni].[Cl][Ni].[Cl][Ni]. The van der Waals surface area contributed by atoms with E-state index >= 15 is 0 Å². The van der Waals surface area contributed by atoms with E-state index in [1.165, 1.54) is 38.5 Å². The van der Waals surface area contributed by atoms with Crippen LogP contribution in [0, 0.1) is 0 Å². The van der Waals surface area contributed by atoms with E-state index in [0.29, 0.717) is 0 Å². The van der Waals surface area contributed by atoms with Crippen molar-refractivity contribution in [1.29, 1.82) is 0 Å². The summed E-state index contributed by atoms with van der Waals surface area (Å²) in [6.07, 6.45) is 18.0. The monoisotopic (exact) mass is 952 g/mol. The predicted molar refractivity (Wildman–Crippen MR) is 187 cm³/mol. The standard InChI is InChI=1S/3C6H12NO.C6H8NO.4CH4O.4ClH.4Ni/c4*8-5-6-3-1-2-4-7-6;4*1-2;;;;;;;;/h3*6,8H,1-5H2;1-4,6,8H,5H2;4*2H,1H3;4*1H;;;;/q4*-1;;;;;;;;;4*+1/p-4. The number of halogens is 4. The fraction of sp³-hybridized carbons (Fsp3) is 0.857. The minimum atomic E-state index is -0.000000000000000222. The zero-order chi connectivity index (χ0) is 39.3. The van der Waals surface area contributed by atoms with Gasteiger partial charge < -0.3 is 62.1 Å². The van der Waals surface area contributed by atoms with Crippen LogP contribution in [0.2, 0.25) is 0 Å². The van der Waals surface area contributed by atoms with Crippen LogP contribution in [0.5, 0.6) is 0 Å². The first kappa shape index (κ1) is 68.0. The summed E-state index contributed by atoms with van der Waals surface area (Å²) in [5.41, 5.74) is 0. The van der Waals surface area contributed by atoms with Gasteiger partial charge in [0.2, 0.25) is 0 Å². The van der Waals surface area contributed by atoms with Crippen LogP contribution in [0.25, 0.3) is 21.3 Å². The average Bonchev–Trinajstić information content (AvgIpc) is 3.25. The second-order valence-corrected chi connectivity index (χ2v) is 8.34. The molecule has 3 saturated heterocycles. The van der Waals surface area contributed by atoms with Crippen LogP contribution in [0.4, 0.5) is 0 Å². The number of hydrogen-bond acceptors (Lipinski definition) is 8. The maximum atomic E-state index is 8.60. The number of rotatable bonds is 4. The third kappa shape index (κ3) is 60.1. The molecule has 0 saturated carbocycles. The van der Waals surface area contributed by atoms with Crippen molar-refractivity contribution in [2.75, 3.05) is 74.5 Å². The Labute approximate surface area is 339 Å². The molecule has 20 heteroatoms. The molecule has 0 aliphatic carbocycles. The molecule has 312 valence electrons. The first-order valence-corrected chi connectivity index (χ1v) is 19.9. The van der Waals surface area contributed by atoms with Crippen molar-refractivity contribution < 1.29 is 99.1 Å². The summed E-state index contributed by atoms with van der Waals surface area (Å²) in [5.74, 6) is 0. The van der Waals surface area contributed by atoms with Crippen molar-refractivity contribution >= 4 is 40.8 Å². The first-order valence-electron chi connectivity index (χ1n) is 14.5. The molecule has 4 unspecified atom stereocenters. The molecule has 0 aromatic carbocycles. The van der Waals surface area contributed by atoms with Gasteiger partial charge in [-0.2, -0.15) is 6.20 Å². The van der Waals surface area contributed by atoms with Crippen LogP contribution in [0.1, 0.15) is 57.8 Å². The Morgan fingerprint density at radius 2 is 0.771 bits per heavy atom. The van der Waals surface area contributed by atoms with Crippen molar-refractivity contribution in [2.45, 2.75) is 82.0 Å². The molecule has 4 aliphatic rings. The number of nitrogens with zero attached hydrogens (tertiary/aromatic N) is 4. The molecule has 3 fully saturated rings. The fourth-order valence-corrected chi connectivity index (χ4v) is 3.58. The van der Waals surface area contributed by atoms with Gasteiger partial charge in [-0.25, -0.2) is 0 Å². The van der Waals surface area contributed by atoms with Gasteiger partial charge in [-0.3, -0.25) is 0 Å². The quantitative estimate of drug-likeness (QED) is 0.184. The van der Waals surface area contributed by atoms with Gasteiger partial charge in [0, 0.05) is 54.9 Å². The van der Waals surface area contributed by atoms with Gasteiger partial charge in [0.25, 0.3) is 0 Å². The molecule has 0 aromatic rings. The summed E-state index contributed by atoms with van der Waals surface area (Å²) < 4.78 is 0. The summed E-state index contributed by atoms with van der Waals surface area (Å²) >= 11 is 13.4. The van der Waals surface area contributed by atoms with E-state index < -0.39 is 0 Å². The molecular formula is C28H60Cl4N4Ni4O8-4. The van der Waals surface area contributed by atoms with Gasteiger partial charge >= 0.3 is 99.1 Å². The van der Waals surface area contributed by atoms with Crippen molar-refractivity contribution in [3.05, 3.63) is 45.7 Å². The number of piperidine rings is 3. The Kier molecular flexibility index (Phi) is 111. The Balaban J connectivity index is -0.0000000649. The van der Waals surface area contributed by atoms with Crippen LogP contribution >= 0.6 is 40.8 Å². The maximum absolute atomic E-state index is 8.60. The number of aliphatic hydroxyl groups excluding tert-OH is 8. The summed E-state index contributed by atoms with van der Waals surface area (Å²) in [6.45, 7) is 3.75. The summed E-state index contributed by atoms with van der Waals surface area (Å²) in [7, 11) is 21.1. The molecule has 4 aliphatic heterocycles. The van der Waals surface area contributed by atoms with Crippen molar-refractivity contribution in [1.82, 2.24) is 0 Å². The van der Waals surface area contributed by atoms with Crippen molar-refractivity contribution in [3.8, 4) is 0 Å². The molecule has 0 spiro atoms. The zero-order valence-electron chi connectivity index (χ0n) is 28.1. The van der Waals surface area contributed by atoms with E-state index in [9.17, 15) is 0 Å². The molecule has 0 bridgehead atoms. The number of hydrogen-bond donors (Lipinski definition) is 8. The number of aliphatic hydroxyl groups is 8. The molecule has 0 aromatic heterocycles. The van der Waals surface area contributed by atoms with Gasteiger partial charge in [-0.1, -0.05) is 82.1 Å². The van der Waals surface area contributed by atoms with Crippen molar-refractivity contribution in [2.24, 2.45) is 0 Å². The van der Waals surface area contributed by atoms with Crippen molar-refractivity contribution in [3.63, 3.8) is 0 Å². The van der Waals surface area contributed by atoms with Gasteiger partial charge in [0.1, 0.15) is 0 Å². The molecule has 12 nitrogen and oxygen atoms in total. The summed E-state index contributed by atoms with van der Waals surface area (Å²) in [5, 5.41) is 78.8. The Bertz CT molecular complexity index is 470. The van der Waals surface area contributed by atoms with E-state index in [0.717, 1.165) is 67.3 Å². The molecule has 48 heavy (non-hydrogen) atoms. The Morgan fingerprint density at radius 3 is 0.896 bits per heavy atom. The topological polar surface area (TPSA) is 218 Å². The van der Waals surface area contributed by atoms with E-state index in [1.54, 1.807) is 6.20 Å². The second kappa shape index (κ2) is 78.2. The first-order chi connectivity index (χ1) is 23.7. The molecule has 8 N–H and O–H groups in total. The van der Waals surface area contributed by atoms with Crippen LogP contribution < -0.4 is 0 Å². The third-order valence-corrected chi connectivity index (χ3v) is 5.63. The van der Waals surface area contributed by atoms with Gasteiger partial charge in [0.05, 0.1) is 0 Å². The second-order valence-electron chi connectivity index (χ2n) is 8.34. The molecular weight excluding hydrogens is 897 g/mol. The van der Waals surface area contributed by atoms with Crippen LogP contribution in [0.3, 0.4) is 0 Å². The molecule has 4 heterocycles. The Hall–Kier alpha value is 1.97. The molecule has 0 amide bonds. The third-order valence-electron chi connectivity index (χ3n) is 5.63. The molecule has 0 radical (unpaired) electrons. The van der Waals surface area contributed by atoms with Gasteiger partial charge in [-0.05, 0) is 0 Å².